The summed E-state index contributed by atoms with van der Waals surface area (Å²) in [6.45, 7) is 4.01. The number of nitrogens with one attached hydrogen (secondary N) is 1. The van der Waals surface area contributed by atoms with E-state index >= 15 is 0 Å². The zero-order valence-electron chi connectivity index (χ0n) is 12.0. The lowest BCUT2D eigenvalue weighted by Gasteiger charge is -2.18. The molecule has 0 aliphatic carbocycles. The second-order valence-electron chi connectivity index (χ2n) is 5.09. The number of rotatable bonds is 4. The van der Waals surface area contributed by atoms with Crippen molar-refractivity contribution in [3.63, 3.8) is 0 Å². The van der Waals surface area contributed by atoms with Crippen molar-refractivity contribution in [2.24, 2.45) is 0 Å². The summed E-state index contributed by atoms with van der Waals surface area (Å²) in [5, 5.41) is 3.68. The van der Waals surface area contributed by atoms with Crippen LogP contribution in [-0.4, -0.2) is 34.0 Å². The number of benzene rings is 1. The van der Waals surface area contributed by atoms with Gasteiger partial charge in [0.2, 0.25) is 5.91 Å². The van der Waals surface area contributed by atoms with Gasteiger partial charge in [-0.1, -0.05) is 47.7 Å². The molecule has 2 rings (SSSR count). The monoisotopic (exact) mass is 342 g/mol. The van der Waals surface area contributed by atoms with Gasteiger partial charge in [0.25, 0.3) is 0 Å². The van der Waals surface area contributed by atoms with Gasteiger partial charge in [0.15, 0.2) is 0 Å². The van der Waals surface area contributed by atoms with Crippen LogP contribution in [0.3, 0.4) is 0 Å². The Morgan fingerprint density at radius 1 is 1.38 bits per heavy atom. The van der Waals surface area contributed by atoms with E-state index in [4.69, 9.17) is 23.8 Å². The summed E-state index contributed by atoms with van der Waals surface area (Å²) in [6.07, 6.45) is 2.39. The highest BCUT2D eigenvalue weighted by Gasteiger charge is 2.17. The van der Waals surface area contributed by atoms with Gasteiger partial charge in [-0.15, -0.1) is 0 Å². The normalized spacial score (nSPS) is 15.8. The van der Waals surface area contributed by atoms with Gasteiger partial charge in [-0.25, -0.2) is 0 Å². The summed E-state index contributed by atoms with van der Waals surface area (Å²) in [7, 11) is 0. The van der Waals surface area contributed by atoms with Gasteiger partial charge in [0, 0.05) is 18.1 Å². The minimum atomic E-state index is -0.0317. The van der Waals surface area contributed by atoms with Gasteiger partial charge in [-0.05, 0) is 37.5 Å². The molecule has 0 aromatic heterocycles. The standard InChI is InChI=1S/C15H19ClN2OS2/c1-11(12-4-6-13(16)7-5-12)17-14(19)10-21-15(20)18-8-2-3-9-18/h4-7,11H,2-3,8-10H2,1H3,(H,17,19). The lowest BCUT2D eigenvalue weighted by molar-refractivity contribution is -0.119. The minimum absolute atomic E-state index is 0.00370. The Morgan fingerprint density at radius 2 is 2.00 bits per heavy atom. The molecule has 0 bridgehead atoms. The van der Waals surface area contributed by atoms with E-state index in [-0.39, 0.29) is 11.9 Å². The van der Waals surface area contributed by atoms with Crippen LogP contribution >= 0.6 is 35.6 Å². The number of likely N-dealkylation sites (tertiary alicyclic amines) is 1. The van der Waals surface area contributed by atoms with Gasteiger partial charge >= 0.3 is 0 Å². The Hall–Kier alpha value is -0.780. The Morgan fingerprint density at radius 3 is 2.62 bits per heavy atom. The van der Waals surface area contributed by atoms with E-state index in [0.717, 1.165) is 23.0 Å². The molecular formula is C15H19ClN2OS2. The largest absolute Gasteiger partial charge is 0.358 e. The fourth-order valence-electron chi connectivity index (χ4n) is 2.24. The van der Waals surface area contributed by atoms with Crippen LogP contribution in [-0.2, 0) is 4.79 Å². The second-order valence-corrected chi connectivity index (χ2v) is 7.14. The summed E-state index contributed by atoms with van der Waals surface area (Å²) in [5.74, 6) is 0.372. The number of halogens is 1. The zero-order chi connectivity index (χ0) is 15.2. The highest BCUT2D eigenvalue weighted by molar-refractivity contribution is 8.23. The van der Waals surface area contributed by atoms with Gasteiger partial charge in [-0.3, -0.25) is 4.79 Å². The average molecular weight is 343 g/mol. The number of thioether (sulfide) groups is 1. The van der Waals surface area contributed by atoms with E-state index in [9.17, 15) is 4.79 Å². The summed E-state index contributed by atoms with van der Waals surface area (Å²) in [5.41, 5.74) is 1.04. The molecule has 1 aliphatic rings. The molecule has 1 amide bonds. The SMILES string of the molecule is CC(NC(=O)CSC(=S)N1CCCC1)c1ccc(Cl)cc1. The van der Waals surface area contributed by atoms with Crippen LogP contribution in [0.1, 0.15) is 31.4 Å². The first-order chi connectivity index (χ1) is 10.1. The Balaban J connectivity index is 1.75. The van der Waals surface area contributed by atoms with E-state index in [1.807, 2.05) is 31.2 Å². The summed E-state index contributed by atoms with van der Waals surface area (Å²) in [4.78, 5) is 14.2. The molecule has 21 heavy (non-hydrogen) atoms. The topological polar surface area (TPSA) is 32.3 Å². The summed E-state index contributed by atoms with van der Waals surface area (Å²) in [6, 6.07) is 7.48. The minimum Gasteiger partial charge on any atom is -0.358 e. The van der Waals surface area contributed by atoms with Gasteiger partial charge < -0.3 is 10.2 Å². The Kier molecular flexibility index (Phi) is 6.33. The molecule has 0 saturated carbocycles. The Bertz CT molecular complexity index is 501. The molecule has 1 atom stereocenters. The predicted molar refractivity (Wildman–Crippen MR) is 93.9 cm³/mol. The predicted octanol–water partition coefficient (Wildman–Crippen LogP) is 3.63. The number of thiocarbonyl (C=S) groups is 1. The van der Waals surface area contributed by atoms with E-state index in [2.05, 4.69) is 10.2 Å². The zero-order valence-corrected chi connectivity index (χ0v) is 14.4. The van der Waals surface area contributed by atoms with Gasteiger partial charge in [-0.2, -0.15) is 0 Å². The highest BCUT2D eigenvalue weighted by Crippen LogP contribution is 2.18. The van der Waals surface area contributed by atoms with Crippen molar-refractivity contribution in [1.82, 2.24) is 10.2 Å². The molecule has 0 spiro atoms. The fraction of sp³-hybridized carbons (Fsp3) is 0.467. The number of carbonyl (C=O) groups excluding carboxylic acids is 1. The van der Waals surface area contributed by atoms with Crippen LogP contribution in [0.2, 0.25) is 5.02 Å². The number of nitrogens with zero attached hydrogens (tertiary/aromatic N) is 1. The van der Waals surface area contributed by atoms with Gasteiger partial charge in [0.05, 0.1) is 11.8 Å². The maximum atomic E-state index is 12.0. The molecule has 114 valence electrons. The molecule has 1 heterocycles. The van der Waals surface area contributed by atoms with Crippen molar-refractivity contribution >= 4 is 45.8 Å². The molecule has 1 aromatic carbocycles. The highest BCUT2D eigenvalue weighted by atomic mass is 35.5. The molecule has 3 nitrogen and oxygen atoms in total. The Labute approximate surface area is 140 Å². The molecule has 1 saturated heterocycles. The average Bonchev–Trinajstić information content (AvgIpc) is 2.99. The molecule has 1 unspecified atom stereocenters. The summed E-state index contributed by atoms with van der Waals surface area (Å²) >= 11 is 12.7. The quantitative estimate of drug-likeness (QED) is 0.847. The molecule has 1 aromatic rings. The maximum Gasteiger partial charge on any atom is 0.230 e. The van der Waals surface area contributed by atoms with Crippen molar-refractivity contribution in [2.75, 3.05) is 18.8 Å². The number of hydrogen-bond acceptors (Lipinski definition) is 3. The lowest BCUT2D eigenvalue weighted by Crippen LogP contribution is -2.30. The third-order valence-electron chi connectivity index (χ3n) is 3.44. The third-order valence-corrected chi connectivity index (χ3v) is 5.21. The second kappa shape index (κ2) is 8.01. The molecule has 1 N–H and O–H groups in total. The third kappa shape index (κ3) is 5.16. The molecule has 1 fully saturated rings. The molecule has 6 heteroatoms. The van der Waals surface area contributed by atoms with Gasteiger partial charge in [0.1, 0.15) is 4.32 Å². The van der Waals surface area contributed by atoms with Crippen LogP contribution in [0.4, 0.5) is 0 Å². The van der Waals surface area contributed by atoms with E-state index in [1.165, 1.54) is 24.6 Å². The van der Waals surface area contributed by atoms with Crippen LogP contribution in [0.25, 0.3) is 0 Å². The number of carbonyl (C=O) groups is 1. The van der Waals surface area contributed by atoms with Crippen molar-refractivity contribution in [3.8, 4) is 0 Å². The van der Waals surface area contributed by atoms with E-state index in [1.54, 1.807) is 0 Å². The number of amides is 1. The van der Waals surface area contributed by atoms with Crippen LogP contribution in [0.5, 0.6) is 0 Å². The van der Waals surface area contributed by atoms with Crippen LogP contribution < -0.4 is 5.32 Å². The smallest absolute Gasteiger partial charge is 0.230 e. The number of hydrogen-bond donors (Lipinski definition) is 1. The van der Waals surface area contributed by atoms with E-state index in [0.29, 0.717) is 10.8 Å². The first kappa shape index (κ1) is 16.6. The van der Waals surface area contributed by atoms with Crippen LogP contribution in [0.15, 0.2) is 24.3 Å². The van der Waals surface area contributed by atoms with Crippen molar-refractivity contribution in [3.05, 3.63) is 34.9 Å². The van der Waals surface area contributed by atoms with E-state index < -0.39 is 0 Å². The maximum absolute atomic E-state index is 12.0. The molecule has 1 aliphatic heterocycles. The first-order valence-electron chi connectivity index (χ1n) is 7.03. The molecule has 0 radical (unpaired) electrons. The fourth-order valence-corrected chi connectivity index (χ4v) is 3.42. The van der Waals surface area contributed by atoms with Crippen molar-refractivity contribution in [1.29, 1.82) is 0 Å². The van der Waals surface area contributed by atoms with Crippen molar-refractivity contribution in [2.45, 2.75) is 25.8 Å². The van der Waals surface area contributed by atoms with Crippen LogP contribution in [0, 0.1) is 0 Å². The lowest BCUT2D eigenvalue weighted by atomic mass is 10.1. The first-order valence-corrected chi connectivity index (χ1v) is 8.80. The molecular weight excluding hydrogens is 324 g/mol. The van der Waals surface area contributed by atoms with Crippen molar-refractivity contribution < 1.29 is 4.79 Å². The summed E-state index contributed by atoms with van der Waals surface area (Å²) < 4.78 is 0.835.